The van der Waals surface area contributed by atoms with Gasteiger partial charge in [-0.2, -0.15) is 0 Å². The molecular weight excluding hydrogens is 444 g/mol. The Morgan fingerprint density at radius 2 is 1.94 bits per heavy atom. The molecular formula is C24H20N2O4S2. The first-order valence-corrected chi connectivity index (χ1v) is 11.5. The Kier molecular flexibility index (Phi) is 4.76. The van der Waals surface area contributed by atoms with Gasteiger partial charge in [-0.25, -0.2) is 4.79 Å². The minimum atomic E-state index is -0.480. The number of amides is 2. The summed E-state index contributed by atoms with van der Waals surface area (Å²) < 4.78 is 6.02. The lowest BCUT2D eigenvalue weighted by molar-refractivity contribution is -0.116. The zero-order chi connectivity index (χ0) is 22.8. The second kappa shape index (κ2) is 7.28. The lowest BCUT2D eigenvalue weighted by atomic mass is 9.80. The zero-order valence-corrected chi connectivity index (χ0v) is 19.4. The Labute approximate surface area is 195 Å². The van der Waals surface area contributed by atoms with Gasteiger partial charge in [0.1, 0.15) is 10.1 Å². The van der Waals surface area contributed by atoms with Gasteiger partial charge in [-0.3, -0.25) is 9.59 Å². The molecule has 162 valence electrons. The third kappa shape index (κ3) is 3.17. The van der Waals surface area contributed by atoms with Gasteiger partial charge in [0.2, 0.25) is 0 Å². The highest BCUT2D eigenvalue weighted by Crippen LogP contribution is 2.54. The number of rotatable bonds is 2. The molecule has 0 spiro atoms. The summed E-state index contributed by atoms with van der Waals surface area (Å²) in [6.45, 7) is 6.15. The molecule has 0 saturated carbocycles. The molecule has 1 fully saturated rings. The fourth-order valence-electron chi connectivity index (χ4n) is 4.80. The highest BCUT2D eigenvalue weighted by Gasteiger charge is 2.49. The number of nitrogens with zero attached hydrogens (tertiary/aromatic N) is 1. The van der Waals surface area contributed by atoms with E-state index in [-0.39, 0.29) is 22.6 Å². The minimum absolute atomic E-state index is 0.133. The van der Waals surface area contributed by atoms with Crippen LogP contribution in [0.3, 0.4) is 0 Å². The summed E-state index contributed by atoms with van der Waals surface area (Å²) in [6.07, 6.45) is 0.738. The van der Waals surface area contributed by atoms with E-state index in [0.717, 1.165) is 29.4 Å². The van der Waals surface area contributed by atoms with Crippen LogP contribution < -0.4 is 15.0 Å². The van der Waals surface area contributed by atoms with Crippen LogP contribution in [0.25, 0.3) is 5.57 Å². The first kappa shape index (κ1) is 20.9. The average Bonchev–Trinajstić information content (AvgIpc) is 3.21. The molecule has 32 heavy (non-hydrogen) atoms. The maximum Gasteiger partial charge on any atom is 0.343 e. The lowest BCUT2D eigenvalue weighted by Crippen LogP contribution is -2.49. The van der Waals surface area contributed by atoms with Crippen molar-refractivity contribution < 1.29 is 19.1 Å². The number of hydrogen-bond donors (Lipinski definition) is 1. The van der Waals surface area contributed by atoms with Crippen LogP contribution >= 0.6 is 24.0 Å². The van der Waals surface area contributed by atoms with Gasteiger partial charge in [-0.05, 0) is 56.0 Å². The number of hydrogen-bond acceptors (Lipinski definition) is 6. The van der Waals surface area contributed by atoms with Gasteiger partial charge in [-0.15, -0.1) is 0 Å². The minimum Gasteiger partial charge on any atom is -0.423 e. The smallest absolute Gasteiger partial charge is 0.343 e. The van der Waals surface area contributed by atoms with Gasteiger partial charge < -0.3 is 15.0 Å². The van der Waals surface area contributed by atoms with Crippen molar-refractivity contribution in [3.05, 3.63) is 64.1 Å². The standard InChI is InChI=1S/C24H20N2O4S2/c1-12-11-24(2,3)26-18-15(12)9-14(30-22(29)13-7-5-4-6-8-13)10-16(18)17(21(26)28)19-20(27)25-23(31)32-19/h4-10,12H,11H2,1-3H3,(H,25,27,31)/b19-17-. The highest BCUT2D eigenvalue weighted by molar-refractivity contribution is 8.27. The van der Waals surface area contributed by atoms with Crippen LogP contribution in [0.4, 0.5) is 5.69 Å². The van der Waals surface area contributed by atoms with E-state index in [9.17, 15) is 14.4 Å². The Hall–Kier alpha value is -2.97. The van der Waals surface area contributed by atoms with Crippen molar-refractivity contribution in [3.63, 3.8) is 0 Å². The van der Waals surface area contributed by atoms with Crippen LogP contribution in [0.2, 0.25) is 0 Å². The monoisotopic (exact) mass is 464 g/mol. The van der Waals surface area contributed by atoms with E-state index in [1.165, 1.54) is 0 Å². The second-order valence-corrected chi connectivity index (χ2v) is 10.5. The van der Waals surface area contributed by atoms with Gasteiger partial charge in [0.25, 0.3) is 11.8 Å². The van der Waals surface area contributed by atoms with Crippen LogP contribution in [0.15, 0.2) is 47.4 Å². The molecule has 0 radical (unpaired) electrons. The van der Waals surface area contributed by atoms with Gasteiger partial charge in [-0.1, -0.05) is 49.1 Å². The molecule has 5 rings (SSSR count). The quantitative estimate of drug-likeness (QED) is 0.307. The van der Waals surface area contributed by atoms with E-state index >= 15 is 0 Å². The van der Waals surface area contributed by atoms with Crippen molar-refractivity contribution in [1.29, 1.82) is 0 Å². The molecule has 3 heterocycles. The molecule has 2 amide bonds. The maximum atomic E-state index is 13.6. The summed E-state index contributed by atoms with van der Waals surface area (Å²) in [5.41, 5.74) is 2.62. The van der Waals surface area contributed by atoms with Crippen LogP contribution in [-0.2, 0) is 9.59 Å². The number of thiocarbonyl (C=S) groups is 1. The SMILES string of the molecule is CC1CC(C)(C)N2C(=O)/C(=C3\SC(=S)NC3=O)c3cc(OC(=O)c4ccccc4)cc1c32. The molecule has 1 unspecified atom stereocenters. The summed E-state index contributed by atoms with van der Waals surface area (Å²) in [6, 6.07) is 12.3. The molecule has 6 nitrogen and oxygen atoms in total. The molecule has 8 heteroatoms. The van der Waals surface area contributed by atoms with Crippen LogP contribution in [0.5, 0.6) is 5.75 Å². The van der Waals surface area contributed by atoms with Crippen LogP contribution in [0, 0.1) is 0 Å². The van der Waals surface area contributed by atoms with E-state index in [0.29, 0.717) is 26.8 Å². The number of ether oxygens (including phenoxy) is 1. The van der Waals surface area contributed by atoms with Crippen molar-refractivity contribution in [2.45, 2.75) is 38.6 Å². The van der Waals surface area contributed by atoms with E-state index < -0.39 is 11.5 Å². The third-order valence-corrected chi connectivity index (χ3v) is 7.26. The van der Waals surface area contributed by atoms with Crippen LogP contribution in [0.1, 0.15) is 54.6 Å². The van der Waals surface area contributed by atoms with Crippen molar-refractivity contribution in [2.75, 3.05) is 4.90 Å². The maximum absolute atomic E-state index is 13.6. The zero-order valence-electron chi connectivity index (χ0n) is 17.7. The van der Waals surface area contributed by atoms with E-state index in [4.69, 9.17) is 17.0 Å². The molecule has 0 bridgehead atoms. The molecule has 3 aliphatic heterocycles. The molecule has 0 aliphatic carbocycles. The van der Waals surface area contributed by atoms with Crippen molar-refractivity contribution in [1.82, 2.24) is 5.32 Å². The Bertz CT molecular complexity index is 1250. The summed E-state index contributed by atoms with van der Waals surface area (Å²) in [5, 5.41) is 2.60. The first-order chi connectivity index (χ1) is 15.2. The van der Waals surface area contributed by atoms with E-state index in [2.05, 4.69) is 12.2 Å². The summed E-state index contributed by atoms with van der Waals surface area (Å²) in [5.74, 6) is -0.612. The number of thioether (sulfide) groups is 1. The van der Waals surface area contributed by atoms with Gasteiger partial charge in [0.05, 0.1) is 21.7 Å². The van der Waals surface area contributed by atoms with Gasteiger partial charge in [0.15, 0.2) is 0 Å². The number of esters is 1. The molecule has 1 atom stereocenters. The molecule has 0 aromatic heterocycles. The Morgan fingerprint density at radius 1 is 1.22 bits per heavy atom. The predicted molar refractivity (Wildman–Crippen MR) is 128 cm³/mol. The van der Waals surface area contributed by atoms with Crippen molar-refractivity contribution >= 4 is 57.3 Å². The van der Waals surface area contributed by atoms with E-state index in [1.807, 2.05) is 26.0 Å². The van der Waals surface area contributed by atoms with E-state index in [1.54, 1.807) is 35.2 Å². The van der Waals surface area contributed by atoms with Crippen molar-refractivity contribution in [3.8, 4) is 5.75 Å². The topological polar surface area (TPSA) is 75.7 Å². The fraction of sp³-hybridized carbons (Fsp3) is 0.250. The third-order valence-electron chi connectivity index (χ3n) is 6.03. The highest BCUT2D eigenvalue weighted by atomic mass is 32.2. The Morgan fingerprint density at radius 3 is 2.59 bits per heavy atom. The van der Waals surface area contributed by atoms with Crippen LogP contribution in [-0.4, -0.2) is 27.6 Å². The summed E-state index contributed by atoms with van der Waals surface area (Å²) in [4.78, 5) is 40.9. The molecule has 1 N–H and O–H groups in total. The van der Waals surface area contributed by atoms with Gasteiger partial charge >= 0.3 is 5.97 Å². The molecule has 1 saturated heterocycles. The number of carbonyl (C=O) groups is 3. The predicted octanol–water partition coefficient (Wildman–Crippen LogP) is 4.40. The first-order valence-electron chi connectivity index (χ1n) is 10.2. The number of carbonyl (C=O) groups excluding carboxylic acids is 3. The Balaban J connectivity index is 1.69. The normalized spacial score (nSPS) is 23.3. The average molecular weight is 465 g/mol. The molecule has 2 aromatic rings. The van der Waals surface area contributed by atoms with Gasteiger partial charge in [0, 0.05) is 11.1 Å². The molecule has 2 aromatic carbocycles. The number of anilines is 1. The summed E-state index contributed by atoms with van der Waals surface area (Å²) in [7, 11) is 0. The lowest BCUT2D eigenvalue weighted by Gasteiger charge is -2.43. The molecule has 3 aliphatic rings. The van der Waals surface area contributed by atoms with Crippen molar-refractivity contribution in [2.24, 2.45) is 0 Å². The summed E-state index contributed by atoms with van der Waals surface area (Å²) >= 11 is 6.24. The number of nitrogens with one attached hydrogen (secondary N) is 1. The fourth-order valence-corrected chi connectivity index (χ4v) is 5.91. The second-order valence-electron chi connectivity index (χ2n) is 8.77. The largest absolute Gasteiger partial charge is 0.423 e. The number of benzene rings is 2.